The van der Waals surface area contributed by atoms with Crippen LogP contribution >= 0.6 is 11.3 Å². The molecule has 0 spiro atoms. The number of thiophene rings is 1. The van der Waals surface area contributed by atoms with Crippen molar-refractivity contribution in [2.75, 3.05) is 11.9 Å². The Labute approximate surface area is 175 Å². The Balaban J connectivity index is 2.50. The zero-order valence-corrected chi connectivity index (χ0v) is 17.5. The van der Waals surface area contributed by atoms with Crippen molar-refractivity contribution in [2.45, 2.75) is 40.0 Å². The number of amides is 1. The number of benzene rings is 1. The lowest BCUT2D eigenvalue weighted by Gasteiger charge is -2.12. The number of rotatable bonds is 6. The van der Waals surface area contributed by atoms with Gasteiger partial charge in [0.05, 0.1) is 29.4 Å². The van der Waals surface area contributed by atoms with E-state index in [4.69, 9.17) is 9.47 Å². The summed E-state index contributed by atoms with van der Waals surface area (Å²) >= 11 is 0.738. The van der Waals surface area contributed by atoms with Crippen LogP contribution in [0.4, 0.5) is 18.2 Å². The van der Waals surface area contributed by atoms with Crippen molar-refractivity contribution in [2.24, 2.45) is 0 Å². The average Bonchev–Trinajstić information content (AvgIpc) is 2.96. The summed E-state index contributed by atoms with van der Waals surface area (Å²) in [5.74, 6) is -2.60. The molecule has 0 aliphatic heterocycles. The fourth-order valence-electron chi connectivity index (χ4n) is 2.61. The van der Waals surface area contributed by atoms with Crippen LogP contribution in [0.1, 0.15) is 62.3 Å². The Morgan fingerprint density at radius 2 is 1.77 bits per heavy atom. The lowest BCUT2D eigenvalue weighted by atomic mass is 10.1. The molecule has 2 aromatic rings. The Morgan fingerprint density at radius 3 is 2.33 bits per heavy atom. The largest absolute Gasteiger partial charge is 0.462 e. The molecule has 0 aliphatic carbocycles. The summed E-state index contributed by atoms with van der Waals surface area (Å²) in [5, 5.41) is 2.23. The SMILES string of the molecule is CCOC(=O)c1c(NC(=O)c2ccccc2C(F)(F)F)sc(C(=O)OC(C)C)c1C. The number of hydrogen-bond acceptors (Lipinski definition) is 6. The first kappa shape index (κ1) is 23.4. The zero-order valence-electron chi connectivity index (χ0n) is 16.7. The van der Waals surface area contributed by atoms with Crippen LogP contribution in [0.3, 0.4) is 0 Å². The van der Waals surface area contributed by atoms with E-state index in [1.54, 1.807) is 20.8 Å². The maximum atomic E-state index is 13.2. The summed E-state index contributed by atoms with van der Waals surface area (Å²) in [6.07, 6.45) is -5.17. The van der Waals surface area contributed by atoms with Gasteiger partial charge in [0, 0.05) is 0 Å². The molecule has 0 radical (unpaired) electrons. The lowest BCUT2D eigenvalue weighted by Crippen LogP contribution is -2.19. The van der Waals surface area contributed by atoms with E-state index in [0.29, 0.717) is 0 Å². The minimum absolute atomic E-state index is 0.0319. The third-order valence-corrected chi connectivity index (χ3v) is 5.05. The van der Waals surface area contributed by atoms with Gasteiger partial charge < -0.3 is 14.8 Å². The third kappa shape index (κ3) is 5.18. The maximum Gasteiger partial charge on any atom is 0.417 e. The van der Waals surface area contributed by atoms with Gasteiger partial charge in [0.15, 0.2) is 0 Å². The Kier molecular flexibility index (Phi) is 7.25. The van der Waals surface area contributed by atoms with Crippen molar-refractivity contribution in [1.29, 1.82) is 0 Å². The second kappa shape index (κ2) is 9.29. The summed E-state index contributed by atoms with van der Waals surface area (Å²) in [6, 6.07) is 4.27. The highest BCUT2D eigenvalue weighted by atomic mass is 32.1. The van der Waals surface area contributed by atoms with Crippen molar-refractivity contribution >= 4 is 34.2 Å². The van der Waals surface area contributed by atoms with Gasteiger partial charge in [-0.25, -0.2) is 9.59 Å². The molecule has 0 atom stereocenters. The maximum absolute atomic E-state index is 13.2. The van der Waals surface area contributed by atoms with Crippen LogP contribution < -0.4 is 5.32 Å². The van der Waals surface area contributed by atoms with E-state index in [1.807, 2.05) is 0 Å². The molecule has 1 N–H and O–H groups in total. The van der Waals surface area contributed by atoms with E-state index >= 15 is 0 Å². The molecule has 0 saturated heterocycles. The predicted octanol–water partition coefficient (Wildman–Crippen LogP) is 5.07. The molecule has 2 rings (SSSR count). The van der Waals surface area contributed by atoms with Crippen molar-refractivity contribution < 1.29 is 37.0 Å². The Morgan fingerprint density at radius 1 is 1.13 bits per heavy atom. The van der Waals surface area contributed by atoms with E-state index in [1.165, 1.54) is 19.1 Å². The zero-order chi connectivity index (χ0) is 22.6. The van der Waals surface area contributed by atoms with Crippen LogP contribution in [0.2, 0.25) is 0 Å². The highest BCUT2D eigenvalue weighted by Crippen LogP contribution is 2.36. The Hall–Kier alpha value is -2.88. The summed E-state index contributed by atoms with van der Waals surface area (Å²) in [5.41, 5.74) is -1.62. The molecular weight excluding hydrogens is 423 g/mol. The molecule has 6 nitrogen and oxygen atoms in total. The van der Waals surface area contributed by atoms with Crippen molar-refractivity contribution in [3.63, 3.8) is 0 Å². The van der Waals surface area contributed by atoms with E-state index < -0.39 is 41.3 Å². The molecule has 0 bridgehead atoms. The highest BCUT2D eigenvalue weighted by Gasteiger charge is 2.35. The monoisotopic (exact) mass is 443 g/mol. The number of nitrogens with one attached hydrogen (secondary N) is 1. The van der Waals surface area contributed by atoms with Crippen molar-refractivity contribution in [1.82, 2.24) is 0 Å². The van der Waals surface area contributed by atoms with E-state index in [-0.39, 0.29) is 27.6 Å². The molecule has 30 heavy (non-hydrogen) atoms. The molecule has 1 amide bonds. The summed E-state index contributed by atoms with van der Waals surface area (Å²) < 4.78 is 49.8. The quantitative estimate of drug-likeness (QED) is 0.631. The second-order valence-electron chi connectivity index (χ2n) is 6.43. The molecule has 162 valence electrons. The minimum atomic E-state index is -4.74. The first-order valence-electron chi connectivity index (χ1n) is 8.96. The fraction of sp³-hybridized carbons (Fsp3) is 0.350. The number of alkyl halides is 3. The van der Waals surface area contributed by atoms with Crippen LogP contribution in [0.25, 0.3) is 0 Å². The minimum Gasteiger partial charge on any atom is -0.462 e. The summed E-state index contributed by atoms with van der Waals surface area (Å²) in [7, 11) is 0. The average molecular weight is 443 g/mol. The van der Waals surface area contributed by atoms with Crippen LogP contribution in [-0.2, 0) is 15.7 Å². The van der Waals surface area contributed by atoms with Gasteiger partial charge in [-0.2, -0.15) is 13.2 Å². The number of carbonyl (C=O) groups excluding carboxylic acids is 3. The van der Waals surface area contributed by atoms with Gasteiger partial charge in [-0.3, -0.25) is 4.79 Å². The van der Waals surface area contributed by atoms with Crippen LogP contribution in [0.5, 0.6) is 0 Å². The van der Waals surface area contributed by atoms with Gasteiger partial charge in [-0.05, 0) is 45.4 Å². The van der Waals surface area contributed by atoms with E-state index in [9.17, 15) is 27.6 Å². The Bertz CT molecular complexity index is 966. The van der Waals surface area contributed by atoms with Gasteiger partial charge in [-0.15, -0.1) is 11.3 Å². The normalized spacial score (nSPS) is 11.3. The number of esters is 2. The molecular formula is C20H20F3NO5S. The summed E-state index contributed by atoms with van der Waals surface area (Å²) in [6.45, 7) is 6.36. The number of ether oxygens (including phenoxy) is 2. The molecule has 0 fully saturated rings. The molecule has 0 saturated carbocycles. The van der Waals surface area contributed by atoms with E-state index in [0.717, 1.165) is 23.5 Å². The predicted molar refractivity (Wildman–Crippen MR) is 105 cm³/mol. The second-order valence-corrected chi connectivity index (χ2v) is 7.45. The topological polar surface area (TPSA) is 81.7 Å². The number of halogens is 3. The third-order valence-electron chi connectivity index (χ3n) is 3.86. The van der Waals surface area contributed by atoms with Crippen molar-refractivity contribution in [3.05, 3.63) is 51.4 Å². The van der Waals surface area contributed by atoms with Crippen LogP contribution in [0, 0.1) is 6.92 Å². The lowest BCUT2D eigenvalue weighted by molar-refractivity contribution is -0.137. The van der Waals surface area contributed by atoms with Gasteiger partial charge in [0.25, 0.3) is 5.91 Å². The molecule has 0 unspecified atom stereocenters. The summed E-state index contributed by atoms with van der Waals surface area (Å²) in [4.78, 5) is 37.4. The van der Waals surface area contributed by atoms with Gasteiger partial charge in [0.1, 0.15) is 9.88 Å². The molecule has 0 aliphatic rings. The molecule has 1 aromatic heterocycles. The van der Waals surface area contributed by atoms with E-state index in [2.05, 4.69) is 5.32 Å². The fourth-order valence-corrected chi connectivity index (χ4v) is 3.68. The molecule has 1 aromatic carbocycles. The first-order valence-corrected chi connectivity index (χ1v) is 9.78. The van der Waals surface area contributed by atoms with Gasteiger partial charge >= 0.3 is 18.1 Å². The van der Waals surface area contributed by atoms with Crippen LogP contribution in [0.15, 0.2) is 24.3 Å². The van der Waals surface area contributed by atoms with Gasteiger partial charge in [0.2, 0.25) is 0 Å². The smallest absolute Gasteiger partial charge is 0.417 e. The number of carbonyl (C=O) groups is 3. The van der Waals surface area contributed by atoms with Gasteiger partial charge in [-0.1, -0.05) is 12.1 Å². The highest BCUT2D eigenvalue weighted by molar-refractivity contribution is 7.18. The molecule has 1 heterocycles. The number of anilines is 1. The standard InChI is InChI=1S/C20H20F3NO5S/c1-5-28-18(26)14-11(4)15(19(27)29-10(2)3)30-17(14)24-16(25)12-8-6-7-9-13(12)20(21,22)23/h6-10H,5H2,1-4H3,(H,24,25). The number of hydrogen-bond donors (Lipinski definition) is 1. The molecule has 10 heteroatoms. The van der Waals surface area contributed by atoms with Crippen LogP contribution in [-0.4, -0.2) is 30.6 Å². The van der Waals surface area contributed by atoms with Crippen molar-refractivity contribution in [3.8, 4) is 0 Å². The first-order chi connectivity index (χ1) is 14.0.